The van der Waals surface area contributed by atoms with Crippen molar-refractivity contribution in [3.05, 3.63) is 22.7 Å². The quantitative estimate of drug-likeness (QED) is 0.827. The summed E-state index contributed by atoms with van der Waals surface area (Å²) < 4.78 is 7.36. The fourth-order valence-corrected chi connectivity index (χ4v) is 5.32. The van der Waals surface area contributed by atoms with Crippen LogP contribution >= 0.6 is 15.9 Å². The minimum Gasteiger partial charge on any atom is -0.489 e. The van der Waals surface area contributed by atoms with Crippen LogP contribution < -0.4 is 10.5 Å². The lowest BCUT2D eigenvalue weighted by atomic mass is 9.55. The second kappa shape index (κ2) is 4.41. The van der Waals surface area contributed by atoms with Crippen LogP contribution in [-0.2, 0) is 0 Å². The standard InChI is InChI=1S/C16H20BrNO/c17-14-8-13(18)1-2-15(14)19-16-11-4-9-3-10(6-11)7-12(16)5-9/h1-2,8-12,16H,3-7,18H2. The van der Waals surface area contributed by atoms with Crippen LogP contribution in [0.3, 0.4) is 0 Å². The summed E-state index contributed by atoms with van der Waals surface area (Å²) in [6.45, 7) is 0. The number of halogens is 1. The van der Waals surface area contributed by atoms with E-state index in [0.717, 1.165) is 39.6 Å². The van der Waals surface area contributed by atoms with Gasteiger partial charge in [0.1, 0.15) is 11.9 Å². The lowest BCUT2D eigenvalue weighted by Crippen LogP contribution is -2.50. The van der Waals surface area contributed by atoms with Gasteiger partial charge in [0.15, 0.2) is 0 Å². The van der Waals surface area contributed by atoms with Crippen LogP contribution in [0.5, 0.6) is 5.75 Å². The fraction of sp³-hybridized carbons (Fsp3) is 0.625. The minimum atomic E-state index is 0.438. The molecular formula is C16H20BrNO. The lowest BCUT2D eigenvalue weighted by molar-refractivity contribution is -0.0792. The molecule has 0 aromatic heterocycles. The summed E-state index contributed by atoms with van der Waals surface area (Å²) in [6.07, 6.45) is 7.50. The number of nitrogens with two attached hydrogens (primary N) is 1. The summed E-state index contributed by atoms with van der Waals surface area (Å²) in [6, 6.07) is 5.87. The van der Waals surface area contributed by atoms with E-state index in [-0.39, 0.29) is 0 Å². The monoisotopic (exact) mass is 321 g/mol. The Morgan fingerprint density at radius 3 is 2.21 bits per heavy atom. The predicted octanol–water partition coefficient (Wildman–Crippen LogP) is 4.23. The summed E-state index contributed by atoms with van der Waals surface area (Å²) in [5, 5.41) is 0. The van der Waals surface area contributed by atoms with Gasteiger partial charge in [-0.15, -0.1) is 0 Å². The van der Waals surface area contributed by atoms with Gasteiger partial charge in [-0.3, -0.25) is 0 Å². The average molecular weight is 322 g/mol. The van der Waals surface area contributed by atoms with E-state index < -0.39 is 0 Å². The molecule has 4 saturated carbocycles. The van der Waals surface area contributed by atoms with Crippen LogP contribution in [-0.4, -0.2) is 6.10 Å². The van der Waals surface area contributed by atoms with Crippen LogP contribution in [0, 0.1) is 23.7 Å². The number of benzene rings is 1. The molecule has 19 heavy (non-hydrogen) atoms. The summed E-state index contributed by atoms with van der Waals surface area (Å²) in [5.41, 5.74) is 6.57. The molecule has 4 aliphatic rings. The SMILES string of the molecule is Nc1ccc(OC2C3CC4CC(C3)CC2C4)c(Br)c1. The Kier molecular flexibility index (Phi) is 2.80. The van der Waals surface area contributed by atoms with Gasteiger partial charge in [-0.25, -0.2) is 0 Å². The smallest absolute Gasteiger partial charge is 0.134 e. The van der Waals surface area contributed by atoms with Gasteiger partial charge in [0.25, 0.3) is 0 Å². The van der Waals surface area contributed by atoms with E-state index in [2.05, 4.69) is 15.9 Å². The van der Waals surface area contributed by atoms with Crippen LogP contribution in [0.4, 0.5) is 5.69 Å². The highest BCUT2D eigenvalue weighted by Gasteiger charge is 2.49. The maximum absolute atomic E-state index is 6.37. The largest absolute Gasteiger partial charge is 0.489 e. The third-order valence-electron chi connectivity index (χ3n) is 5.36. The van der Waals surface area contributed by atoms with Crippen LogP contribution in [0.15, 0.2) is 22.7 Å². The maximum atomic E-state index is 6.37. The Morgan fingerprint density at radius 1 is 1.00 bits per heavy atom. The normalized spacial score (nSPS) is 39.5. The molecule has 1 aromatic rings. The second-order valence-electron chi connectivity index (χ2n) is 6.70. The van der Waals surface area contributed by atoms with Crippen LogP contribution in [0.2, 0.25) is 0 Å². The zero-order valence-corrected chi connectivity index (χ0v) is 12.6. The van der Waals surface area contributed by atoms with Crippen molar-refractivity contribution in [3.63, 3.8) is 0 Å². The van der Waals surface area contributed by atoms with Gasteiger partial charge in [-0.2, -0.15) is 0 Å². The van der Waals surface area contributed by atoms with Gasteiger partial charge in [0.05, 0.1) is 4.47 Å². The van der Waals surface area contributed by atoms with E-state index >= 15 is 0 Å². The molecule has 1 aromatic carbocycles. The number of ether oxygens (including phenoxy) is 1. The van der Waals surface area contributed by atoms with E-state index in [9.17, 15) is 0 Å². The highest BCUT2D eigenvalue weighted by atomic mass is 79.9. The molecule has 0 heterocycles. The number of anilines is 1. The van der Waals surface area contributed by atoms with E-state index in [1.54, 1.807) is 0 Å². The molecule has 3 heteroatoms. The highest BCUT2D eigenvalue weighted by molar-refractivity contribution is 9.10. The molecule has 0 saturated heterocycles. The van der Waals surface area contributed by atoms with Gasteiger partial charge in [-0.1, -0.05) is 0 Å². The summed E-state index contributed by atoms with van der Waals surface area (Å²) >= 11 is 3.57. The molecule has 2 N–H and O–H groups in total. The molecule has 0 atom stereocenters. The Labute approximate surface area is 122 Å². The van der Waals surface area contributed by atoms with Crippen molar-refractivity contribution >= 4 is 21.6 Å². The summed E-state index contributed by atoms with van der Waals surface area (Å²) in [5.74, 6) is 4.54. The molecule has 0 spiro atoms. The number of nitrogen functional groups attached to an aromatic ring is 1. The van der Waals surface area contributed by atoms with Gasteiger partial charge >= 0.3 is 0 Å². The van der Waals surface area contributed by atoms with Crippen LogP contribution in [0.25, 0.3) is 0 Å². The molecular weight excluding hydrogens is 302 g/mol. The first-order chi connectivity index (χ1) is 9.19. The molecule has 4 bridgehead atoms. The Hall–Kier alpha value is -0.700. The maximum Gasteiger partial charge on any atom is 0.134 e. The first-order valence-electron chi connectivity index (χ1n) is 7.40. The van der Waals surface area contributed by atoms with E-state index in [4.69, 9.17) is 10.5 Å². The van der Waals surface area contributed by atoms with E-state index in [1.807, 2.05) is 18.2 Å². The molecule has 5 rings (SSSR count). The fourth-order valence-electron chi connectivity index (χ4n) is 4.83. The second-order valence-corrected chi connectivity index (χ2v) is 7.56. The van der Waals surface area contributed by atoms with Crippen molar-refractivity contribution in [2.24, 2.45) is 23.7 Å². The molecule has 102 valence electrons. The van der Waals surface area contributed by atoms with Crippen LogP contribution in [0.1, 0.15) is 32.1 Å². The molecule has 4 fully saturated rings. The third-order valence-corrected chi connectivity index (χ3v) is 5.98. The zero-order valence-electron chi connectivity index (χ0n) is 11.0. The van der Waals surface area contributed by atoms with Gasteiger partial charge in [0, 0.05) is 5.69 Å². The Bertz CT molecular complexity index is 474. The molecule has 2 nitrogen and oxygen atoms in total. The van der Waals surface area contributed by atoms with Crippen molar-refractivity contribution in [3.8, 4) is 5.75 Å². The lowest BCUT2D eigenvalue weighted by Gasteiger charge is -2.53. The molecule has 0 aliphatic heterocycles. The average Bonchev–Trinajstić information content (AvgIpc) is 2.35. The van der Waals surface area contributed by atoms with Gasteiger partial charge in [-0.05, 0) is 89.9 Å². The predicted molar refractivity (Wildman–Crippen MR) is 80.0 cm³/mol. The Balaban J connectivity index is 1.56. The third kappa shape index (κ3) is 2.06. The first-order valence-corrected chi connectivity index (χ1v) is 8.20. The van der Waals surface area contributed by atoms with Crippen molar-refractivity contribution < 1.29 is 4.74 Å². The minimum absolute atomic E-state index is 0.438. The van der Waals surface area contributed by atoms with Gasteiger partial charge in [0.2, 0.25) is 0 Å². The summed E-state index contributed by atoms with van der Waals surface area (Å²) in [4.78, 5) is 0. The molecule has 0 amide bonds. The van der Waals surface area contributed by atoms with E-state index in [1.165, 1.54) is 32.1 Å². The van der Waals surface area contributed by atoms with Crippen molar-refractivity contribution in [2.75, 3.05) is 5.73 Å². The molecule has 0 unspecified atom stereocenters. The van der Waals surface area contributed by atoms with Crippen molar-refractivity contribution in [2.45, 2.75) is 38.2 Å². The first kappa shape index (κ1) is 12.1. The summed E-state index contributed by atoms with van der Waals surface area (Å²) in [7, 11) is 0. The van der Waals surface area contributed by atoms with Crippen molar-refractivity contribution in [1.29, 1.82) is 0 Å². The van der Waals surface area contributed by atoms with Crippen molar-refractivity contribution in [1.82, 2.24) is 0 Å². The van der Waals surface area contributed by atoms with Gasteiger partial charge < -0.3 is 10.5 Å². The molecule has 4 aliphatic carbocycles. The zero-order chi connectivity index (χ0) is 13.0. The topological polar surface area (TPSA) is 35.2 Å². The number of rotatable bonds is 2. The number of hydrogen-bond acceptors (Lipinski definition) is 2. The molecule has 0 radical (unpaired) electrons. The van der Waals surface area contributed by atoms with E-state index in [0.29, 0.717) is 6.10 Å². The highest BCUT2D eigenvalue weighted by Crippen LogP contribution is 2.54. The number of hydrogen-bond donors (Lipinski definition) is 1. The Morgan fingerprint density at radius 2 is 1.63 bits per heavy atom.